The molecule has 0 radical (unpaired) electrons. The first-order valence-electron chi connectivity index (χ1n) is 7.03. The molecule has 1 aromatic carbocycles. The largest absolute Gasteiger partial charge is 0.349 e. The first-order valence-corrected chi connectivity index (χ1v) is 7.03. The highest BCUT2D eigenvalue weighted by atomic mass is 16.1. The van der Waals surface area contributed by atoms with Gasteiger partial charge >= 0.3 is 0 Å². The summed E-state index contributed by atoms with van der Waals surface area (Å²) in [7, 11) is 0. The Bertz CT molecular complexity index is 429. The second-order valence-corrected chi connectivity index (χ2v) is 5.42. The van der Waals surface area contributed by atoms with Gasteiger partial charge in [0, 0.05) is 5.92 Å². The maximum absolute atomic E-state index is 12.1. The van der Waals surface area contributed by atoms with E-state index in [1.165, 1.54) is 16.7 Å². The van der Waals surface area contributed by atoms with Gasteiger partial charge in [0.1, 0.15) is 0 Å². The summed E-state index contributed by atoms with van der Waals surface area (Å²) in [5.74, 6) is 0.137. The number of aryl methyl sites for hydroxylation is 2. The van der Waals surface area contributed by atoms with Gasteiger partial charge in [0.15, 0.2) is 0 Å². The summed E-state index contributed by atoms with van der Waals surface area (Å²) in [6.45, 7) is 8.80. The van der Waals surface area contributed by atoms with Crippen molar-refractivity contribution in [2.45, 2.75) is 46.6 Å². The molecule has 3 nitrogen and oxygen atoms in total. The number of hydrogen-bond acceptors (Lipinski definition) is 2. The SMILES string of the molecule is Cc1ccc(C(C)NC(=O)C(C)CCCN)c(C)c1. The normalized spacial score (nSPS) is 13.9. The Balaban J connectivity index is 2.63. The first kappa shape index (κ1) is 15.7. The Morgan fingerprint density at radius 2 is 2.00 bits per heavy atom. The van der Waals surface area contributed by atoms with E-state index in [4.69, 9.17) is 5.73 Å². The van der Waals surface area contributed by atoms with Crippen LogP contribution < -0.4 is 11.1 Å². The average molecular weight is 262 g/mol. The Labute approximate surface area is 116 Å². The van der Waals surface area contributed by atoms with Crippen LogP contribution in [0.15, 0.2) is 18.2 Å². The number of nitrogens with two attached hydrogens (primary N) is 1. The van der Waals surface area contributed by atoms with Gasteiger partial charge in [0.2, 0.25) is 5.91 Å². The van der Waals surface area contributed by atoms with Crippen LogP contribution in [0, 0.1) is 19.8 Å². The van der Waals surface area contributed by atoms with Gasteiger partial charge in [-0.3, -0.25) is 4.79 Å². The third-order valence-corrected chi connectivity index (χ3v) is 3.54. The molecule has 3 heteroatoms. The van der Waals surface area contributed by atoms with Gasteiger partial charge in [-0.25, -0.2) is 0 Å². The minimum atomic E-state index is 0.0248. The van der Waals surface area contributed by atoms with Crippen molar-refractivity contribution >= 4 is 5.91 Å². The molecule has 0 saturated carbocycles. The predicted octanol–water partition coefficient (Wildman–Crippen LogP) is 2.86. The molecule has 0 fully saturated rings. The van der Waals surface area contributed by atoms with Crippen molar-refractivity contribution in [3.05, 3.63) is 34.9 Å². The molecule has 0 saturated heterocycles. The van der Waals surface area contributed by atoms with E-state index >= 15 is 0 Å². The molecule has 0 heterocycles. The molecule has 0 spiro atoms. The highest BCUT2D eigenvalue weighted by Crippen LogP contribution is 2.19. The summed E-state index contributed by atoms with van der Waals surface area (Å²) < 4.78 is 0. The van der Waals surface area contributed by atoms with Gasteiger partial charge in [0.05, 0.1) is 6.04 Å². The van der Waals surface area contributed by atoms with Gasteiger partial charge < -0.3 is 11.1 Å². The second-order valence-electron chi connectivity index (χ2n) is 5.42. The number of benzene rings is 1. The van der Waals surface area contributed by atoms with Crippen LogP contribution in [0.3, 0.4) is 0 Å². The molecular weight excluding hydrogens is 236 g/mol. The quantitative estimate of drug-likeness (QED) is 0.828. The van der Waals surface area contributed by atoms with Crippen molar-refractivity contribution in [1.29, 1.82) is 0 Å². The standard InChI is InChI=1S/C16H26N2O/c1-11-7-8-15(13(3)10-11)14(4)18-16(19)12(2)6-5-9-17/h7-8,10,12,14H,5-6,9,17H2,1-4H3,(H,18,19). The lowest BCUT2D eigenvalue weighted by molar-refractivity contribution is -0.125. The van der Waals surface area contributed by atoms with E-state index in [0.717, 1.165) is 12.8 Å². The fourth-order valence-corrected chi connectivity index (χ4v) is 2.30. The van der Waals surface area contributed by atoms with E-state index in [9.17, 15) is 4.79 Å². The van der Waals surface area contributed by atoms with Crippen LogP contribution in [0.4, 0.5) is 0 Å². The van der Waals surface area contributed by atoms with Crippen LogP contribution in [0.1, 0.15) is 49.4 Å². The van der Waals surface area contributed by atoms with E-state index in [1.54, 1.807) is 0 Å². The van der Waals surface area contributed by atoms with Crippen molar-refractivity contribution in [3.63, 3.8) is 0 Å². The first-order chi connectivity index (χ1) is 8.95. The molecule has 2 atom stereocenters. The molecule has 0 bridgehead atoms. The molecule has 0 aromatic heterocycles. The van der Waals surface area contributed by atoms with Crippen LogP contribution in [-0.4, -0.2) is 12.5 Å². The molecule has 3 N–H and O–H groups in total. The monoisotopic (exact) mass is 262 g/mol. The topological polar surface area (TPSA) is 55.1 Å². The minimum Gasteiger partial charge on any atom is -0.349 e. The fraction of sp³-hybridized carbons (Fsp3) is 0.562. The van der Waals surface area contributed by atoms with Gasteiger partial charge in [-0.05, 0) is 51.3 Å². The van der Waals surface area contributed by atoms with E-state index < -0.39 is 0 Å². The Kier molecular flexibility index (Phi) is 6.03. The molecule has 1 aromatic rings. The van der Waals surface area contributed by atoms with E-state index in [2.05, 4.69) is 37.4 Å². The zero-order valence-electron chi connectivity index (χ0n) is 12.5. The Hall–Kier alpha value is -1.35. The molecule has 1 rings (SSSR count). The van der Waals surface area contributed by atoms with Crippen LogP contribution >= 0.6 is 0 Å². The highest BCUT2D eigenvalue weighted by molar-refractivity contribution is 5.78. The molecular formula is C16H26N2O. The van der Waals surface area contributed by atoms with Crippen LogP contribution in [0.5, 0.6) is 0 Å². The maximum atomic E-state index is 12.1. The number of hydrogen-bond donors (Lipinski definition) is 2. The summed E-state index contributed by atoms with van der Waals surface area (Å²) in [5.41, 5.74) is 9.13. The van der Waals surface area contributed by atoms with Crippen molar-refractivity contribution in [2.24, 2.45) is 11.7 Å². The third-order valence-electron chi connectivity index (χ3n) is 3.54. The van der Waals surface area contributed by atoms with Gasteiger partial charge in [-0.1, -0.05) is 30.7 Å². The predicted molar refractivity (Wildman–Crippen MR) is 79.9 cm³/mol. The number of amides is 1. The molecule has 0 aliphatic heterocycles. The lowest BCUT2D eigenvalue weighted by atomic mass is 9.99. The molecule has 19 heavy (non-hydrogen) atoms. The maximum Gasteiger partial charge on any atom is 0.223 e. The van der Waals surface area contributed by atoms with Crippen molar-refractivity contribution in [1.82, 2.24) is 5.32 Å². The average Bonchev–Trinajstić information content (AvgIpc) is 2.35. The molecule has 0 aliphatic rings. The zero-order chi connectivity index (χ0) is 14.4. The number of nitrogens with one attached hydrogen (secondary N) is 1. The molecule has 0 aliphatic carbocycles. The van der Waals surface area contributed by atoms with Gasteiger partial charge in [-0.15, -0.1) is 0 Å². The number of carbonyl (C=O) groups excluding carboxylic acids is 1. The molecule has 2 unspecified atom stereocenters. The lowest BCUT2D eigenvalue weighted by Gasteiger charge is -2.19. The van der Waals surface area contributed by atoms with Crippen LogP contribution in [-0.2, 0) is 4.79 Å². The van der Waals surface area contributed by atoms with E-state index in [0.29, 0.717) is 6.54 Å². The van der Waals surface area contributed by atoms with Crippen LogP contribution in [0.25, 0.3) is 0 Å². The summed E-state index contributed by atoms with van der Waals surface area (Å²) in [6.07, 6.45) is 1.74. The van der Waals surface area contributed by atoms with Crippen molar-refractivity contribution in [3.8, 4) is 0 Å². The number of carbonyl (C=O) groups is 1. The van der Waals surface area contributed by atoms with E-state index in [-0.39, 0.29) is 17.9 Å². The smallest absolute Gasteiger partial charge is 0.223 e. The molecule has 1 amide bonds. The fourth-order valence-electron chi connectivity index (χ4n) is 2.30. The minimum absolute atomic E-state index is 0.0248. The summed E-state index contributed by atoms with van der Waals surface area (Å²) in [4.78, 5) is 12.1. The summed E-state index contributed by atoms with van der Waals surface area (Å²) >= 11 is 0. The second kappa shape index (κ2) is 7.29. The Morgan fingerprint density at radius 1 is 1.32 bits per heavy atom. The van der Waals surface area contributed by atoms with E-state index in [1.807, 2.05) is 13.8 Å². The Morgan fingerprint density at radius 3 is 2.58 bits per heavy atom. The highest BCUT2D eigenvalue weighted by Gasteiger charge is 2.16. The third kappa shape index (κ3) is 4.67. The van der Waals surface area contributed by atoms with Crippen molar-refractivity contribution < 1.29 is 4.79 Å². The van der Waals surface area contributed by atoms with Crippen molar-refractivity contribution in [2.75, 3.05) is 6.54 Å². The summed E-state index contributed by atoms with van der Waals surface area (Å²) in [5, 5.41) is 3.09. The number of rotatable bonds is 6. The summed E-state index contributed by atoms with van der Waals surface area (Å²) in [6, 6.07) is 6.38. The lowest BCUT2D eigenvalue weighted by Crippen LogP contribution is -2.32. The van der Waals surface area contributed by atoms with Crippen LogP contribution in [0.2, 0.25) is 0 Å². The molecule has 106 valence electrons. The van der Waals surface area contributed by atoms with Gasteiger partial charge in [-0.2, -0.15) is 0 Å². The zero-order valence-corrected chi connectivity index (χ0v) is 12.5. The van der Waals surface area contributed by atoms with Gasteiger partial charge in [0.25, 0.3) is 0 Å².